The van der Waals surface area contributed by atoms with Crippen molar-refractivity contribution in [2.24, 2.45) is 0 Å². The molecule has 0 aliphatic heterocycles. The van der Waals surface area contributed by atoms with Crippen LogP contribution in [0, 0.1) is 11.6 Å². The molecule has 31 heavy (non-hydrogen) atoms. The fraction of sp³-hybridized carbons (Fsp3) is 0.292. The molecule has 2 aromatic rings. The van der Waals surface area contributed by atoms with Gasteiger partial charge < -0.3 is 5.32 Å². The first-order valence-corrected chi connectivity index (χ1v) is 10.3. The quantitative estimate of drug-likeness (QED) is 0.783. The van der Waals surface area contributed by atoms with E-state index >= 15 is 0 Å². The maximum Gasteiger partial charge on any atom is 0.228 e. The van der Waals surface area contributed by atoms with Gasteiger partial charge in [-0.1, -0.05) is 43.5 Å². The Balaban J connectivity index is 1.89. The lowest BCUT2D eigenvalue weighted by Gasteiger charge is -2.32. The van der Waals surface area contributed by atoms with E-state index in [0.29, 0.717) is 0 Å². The standard InChI is InChI=1S/C24H22F2N2O3/c1-14(29)28(16-11-12-19(25)20(26)13-16)22-21(27-15-7-3-2-4-8-15)23(30)17-9-5-6-10-18(17)24(22)31/h5-6,9-13,15,27H,2-4,7-8H2,1H3. The van der Waals surface area contributed by atoms with E-state index in [9.17, 15) is 23.2 Å². The molecular weight excluding hydrogens is 402 g/mol. The predicted molar refractivity (Wildman–Crippen MR) is 112 cm³/mol. The van der Waals surface area contributed by atoms with Crippen molar-refractivity contribution >= 4 is 23.2 Å². The number of nitrogens with one attached hydrogen (secondary N) is 1. The summed E-state index contributed by atoms with van der Waals surface area (Å²) in [5, 5.41) is 3.21. The van der Waals surface area contributed by atoms with E-state index in [-0.39, 0.29) is 34.3 Å². The van der Waals surface area contributed by atoms with Gasteiger partial charge in [0.05, 0.1) is 5.69 Å². The van der Waals surface area contributed by atoms with Crippen molar-refractivity contribution < 1.29 is 23.2 Å². The van der Waals surface area contributed by atoms with Crippen LogP contribution in [0.1, 0.15) is 59.7 Å². The second-order valence-corrected chi connectivity index (χ2v) is 7.86. The molecule has 0 atom stereocenters. The van der Waals surface area contributed by atoms with Crippen LogP contribution in [0.4, 0.5) is 14.5 Å². The molecule has 160 valence electrons. The number of amides is 1. The van der Waals surface area contributed by atoms with E-state index in [1.165, 1.54) is 19.1 Å². The summed E-state index contributed by atoms with van der Waals surface area (Å²) in [5.41, 5.74) is 0.266. The molecule has 7 heteroatoms. The van der Waals surface area contributed by atoms with Gasteiger partial charge >= 0.3 is 0 Å². The highest BCUT2D eigenvalue weighted by atomic mass is 19.2. The van der Waals surface area contributed by atoms with Gasteiger partial charge in [-0.05, 0) is 25.0 Å². The minimum atomic E-state index is -1.15. The Morgan fingerprint density at radius 1 is 0.935 bits per heavy atom. The molecule has 0 spiro atoms. The number of nitrogens with zero attached hydrogens (tertiary/aromatic N) is 1. The van der Waals surface area contributed by atoms with E-state index in [0.717, 1.165) is 49.1 Å². The zero-order chi connectivity index (χ0) is 22.1. The molecule has 0 unspecified atom stereocenters. The number of anilines is 1. The van der Waals surface area contributed by atoms with Crippen LogP contribution in [-0.2, 0) is 4.79 Å². The molecule has 0 radical (unpaired) electrons. The molecule has 2 aliphatic carbocycles. The Labute approximate surface area is 178 Å². The molecule has 2 aromatic carbocycles. The van der Waals surface area contributed by atoms with Crippen LogP contribution in [0.25, 0.3) is 0 Å². The number of rotatable bonds is 4. The summed E-state index contributed by atoms with van der Waals surface area (Å²) >= 11 is 0. The summed E-state index contributed by atoms with van der Waals surface area (Å²) in [6.07, 6.45) is 4.78. The van der Waals surface area contributed by atoms with Gasteiger partial charge in [-0.3, -0.25) is 19.3 Å². The van der Waals surface area contributed by atoms with Crippen molar-refractivity contribution in [2.75, 3.05) is 4.90 Å². The molecule has 5 nitrogen and oxygen atoms in total. The smallest absolute Gasteiger partial charge is 0.228 e. The second kappa shape index (κ2) is 8.41. The molecule has 0 saturated heterocycles. The maximum atomic E-state index is 14.0. The van der Waals surface area contributed by atoms with Crippen molar-refractivity contribution in [1.29, 1.82) is 0 Å². The van der Waals surface area contributed by atoms with Crippen molar-refractivity contribution in [3.63, 3.8) is 0 Å². The van der Waals surface area contributed by atoms with Crippen molar-refractivity contribution in [1.82, 2.24) is 5.32 Å². The molecular formula is C24H22F2N2O3. The summed E-state index contributed by atoms with van der Waals surface area (Å²) < 4.78 is 27.5. The Morgan fingerprint density at radius 2 is 1.58 bits per heavy atom. The van der Waals surface area contributed by atoms with Gasteiger partial charge in [0.25, 0.3) is 0 Å². The van der Waals surface area contributed by atoms with E-state index in [2.05, 4.69) is 5.32 Å². The number of halogens is 2. The first-order valence-electron chi connectivity index (χ1n) is 10.3. The molecule has 1 saturated carbocycles. The monoisotopic (exact) mass is 424 g/mol. The first kappa shape index (κ1) is 20.9. The number of carbonyl (C=O) groups excluding carboxylic acids is 3. The number of benzene rings is 2. The molecule has 2 aliphatic rings. The molecule has 0 bridgehead atoms. The summed E-state index contributed by atoms with van der Waals surface area (Å²) in [6.45, 7) is 1.21. The number of ketones is 2. The van der Waals surface area contributed by atoms with Gasteiger partial charge in [-0.15, -0.1) is 0 Å². The SMILES string of the molecule is CC(=O)N(C1=C(NC2CCCCC2)C(=O)c2ccccc2C1=O)c1ccc(F)c(F)c1. The average Bonchev–Trinajstić information content (AvgIpc) is 2.77. The topological polar surface area (TPSA) is 66.5 Å². The molecule has 4 rings (SSSR count). The number of carbonyl (C=O) groups is 3. The number of allylic oxidation sites excluding steroid dienone is 2. The van der Waals surface area contributed by atoms with E-state index < -0.39 is 29.1 Å². The fourth-order valence-electron chi connectivity index (χ4n) is 4.25. The van der Waals surface area contributed by atoms with E-state index in [1.807, 2.05) is 0 Å². The zero-order valence-electron chi connectivity index (χ0n) is 17.1. The van der Waals surface area contributed by atoms with Crippen LogP contribution in [0.3, 0.4) is 0 Å². The Bertz CT molecular complexity index is 1100. The minimum Gasteiger partial charge on any atom is -0.377 e. The van der Waals surface area contributed by atoms with E-state index in [1.54, 1.807) is 18.2 Å². The summed E-state index contributed by atoms with van der Waals surface area (Å²) in [5.74, 6) is -3.73. The maximum absolute atomic E-state index is 14.0. The van der Waals surface area contributed by atoms with Gasteiger partial charge in [0.15, 0.2) is 11.6 Å². The van der Waals surface area contributed by atoms with Gasteiger partial charge in [0.2, 0.25) is 17.5 Å². The molecule has 1 N–H and O–H groups in total. The van der Waals surface area contributed by atoms with Crippen molar-refractivity contribution in [2.45, 2.75) is 45.1 Å². The number of hydrogen-bond donors (Lipinski definition) is 1. The van der Waals surface area contributed by atoms with Crippen molar-refractivity contribution in [3.05, 3.63) is 76.6 Å². The summed E-state index contributed by atoms with van der Waals surface area (Å²) in [7, 11) is 0. The molecule has 1 fully saturated rings. The lowest BCUT2D eigenvalue weighted by molar-refractivity contribution is -0.116. The summed E-state index contributed by atoms with van der Waals surface area (Å²) in [6, 6.07) is 9.34. The summed E-state index contributed by atoms with van der Waals surface area (Å²) in [4.78, 5) is 40.5. The number of Topliss-reactive ketones (excluding diaryl/α,β-unsaturated/α-hetero) is 2. The predicted octanol–water partition coefficient (Wildman–Crippen LogP) is 4.53. The highest BCUT2D eigenvalue weighted by Gasteiger charge is 2.38. The van der Waals surface area contributed by atoms with Crippen LogP contribution in [0.5, 0.6) is 0 Å². The van der Waals surface area contributed by atoms with Gasteiger partial charge in [0, 0.05) is 30.2 Å². The molecule has 1 amide bonds. The van der Waals surface area contributed by atoms with Gasteiger partial charge in [-0.25, -0.2) is 8.78 Å². The van der Waals surface area contributed by atoms with Crippen LogP contribution in [0.2, 0.25) is 0 Å². The Hall–Kier alpha value is -3.35. The zero-order valence-corrected chi connectivity index (χ0v) is 17.1. The van der Waals surface area contributed by atoms with Crippen molar-refractivity contribution in [3.8, 4) is 0 Å². The third kappa shape index (κ3) is 3.87. The van der Waals surface area contributed by atoms with Crippen LogP contribution in [-0.4, -0.2) is 23.5 Å². The lowest BCUT2D eigenvalue weighted by Crippen LogP contribution is -2.43. The average molecular weight is 424 g/mol. The van der Waals surface area contributed by atoms with E-state index in [4.69, 9.17) is 0 Å². The molecule has 0 aromatic heterocycles. The highest BCUT2D eigenvalue weighted by molar-refractivity contribution is 6.29. The second-order valence-electron chi connectivity index (χ2n) is 7.86. The highest BCUT2D eigenvalue weighted by Crippen LogP contribution is 2.32. The first-order chi connectivity index (χ1) is 14.9. The fourth-order valence-corrected chi connectivity index (χ4v) is 4.25. The normalized spacial score (nSPS) is 16.9. The largest absolute Gasteiger partial charge is 0.377 e. The third-order valence-electron chi connectivity index (χ3n) is 5.75. The minimum absolute atomic E-state index is 0.0143. The lowest BCUT2D eigenvalue weighted by atomic mass is 9.88. The van der Waals surface area contributed by atoms with Crippen LogP contribution < -0.4 is 10.2 Å². The third-order valence-corrected chi connectivity index (χ3v) is 5.75. The van der Waals surface area contributed by atoms with Crippen LogP contribution >= 0.6 is 0 Å². The van der Waals surface area contributed by atoms with Crippen LogP contribution in [0.15, 0.2) is 53.9 Å². The molecule has 0 heterocycles. The Morgan fingerprint density at radius 3 is 2.19 bits per heavy atom. The van der Waals surface area contributed by atoms with Gasteiger partial charge in [-0.2, -0.15) is 0 Å². The number of fused-ring (bicyclic) bond motifs is 1. The number of hydrogen-bond acceptors (Lipinski definition) is 4. The Kier molecular flexibility index (Phi) is 5.67. The van der Waals surface area contributed by atoms with Gasteiger partial charge in [0.1, 0.15) is 11.4 Å².